The maximum atomic E-state index is 6.27. The number of nitrogens with zero attached hydrogens (tertiary/aromatic N) is 4. The predicted molar refractivity (Wildman–Crippen MR) is 202 cm³/mol. The smallest absolute Gasteiger partial charge is 0.227 e. The first-order chi connectivity index (χ1) is 25.7. The van der Waals surface area contributed by atoms with Gasteiger partial charge in [-0.15, -0.1) is 0 Å². The van der Waals surface area contributed by atoms with Gasteiger partial charge in [-0.1, -0.05) is 48.5 Å². The quantitative estimate of drug-likeness (QED) is 0.183. The van der Waals surface area contributed by atoms with E-state index >= 15 is 0 Å². The summed E-state index contributed by atoms with van der Waals surface area (Å²) in [5.74, 6) is 4.30. The lowest BCUT2D eigenvalue weighted by molar-refractivity contribution is 0.477. The number of aromatic nitrogens is 2. The fraction of sp³-hybridized carbons (Fsp3) is 0. The summed E-state index contributed by atoms with van der Waals surface area (Å²) in [4.78, 5) is 14.1. The number of rotatable bonds is 4. The van der Waals surface area contributed by atoms with Crippen molar-refractivity contribution < 1.29 is 18.3 Å². The van der Waals surface area contributed by atoms with Crippen molar-refractivity contribution in [2.75, 3.05) is 9.80 Å². The highest BCUT2D eigenvalue weighted by atomic mass is 16.5. The zero-order chi connectivity index (χ0) is 34.2. The molecule has 52 heavy (non-hydrogen) atoms. The maximum Gasteiger partial charge on any atom is 0.227 e. The molecular weight excluding hydrogens is 649 g/mol. The van der Waals surface area contributed by atoms with Crippen LogP contribution in [0.3, 0.4) is 0 Å². The Morgan fingerprint density at radius 2 is 0.692 bits per heavy atom. The minimum Gasteiger partial charge on any atom is -0.453 e. The average molecular weight is 675 g/mol. The van der Waals surface area contributed by atoms with Crippen LogP contribution in [0.25, 0.3) is 45.1 Å². The van der Waals surface area contributed by atoms with Gasteiger partial charge >= 0.3 is 0 Å². The van der Waals surface area contributed by atoms with Crippen molar-refractivity contribution in [1.29, 1.82) is 0 Å². The maximum absolute atomic E-state index is 6.27. The fourth-order valence-electron chi connectivity index (χ4n) is 7.07. The Morgan fingerprint density at radius 3 is 1.04 bits per heavy atom. The molecule has 0 aliphatic carbocycles. The van der Waals surface area contributed by atoms with Gasteiger partial charge in [0.2, 0.25) is 11.8 Å². The van der Waals surface area contributed by atoms with Gasteiger partial charge in [0, 0.05) is 34.6 Å². The number of para-hydroxylation sites is 8. The molecule has 8 heteroatoms. The van der Waals surface area contributed by atoms with E-state index in [0.717, 1.165) is 68.2 Å². The van der Waals surface area contributed by atoms with Crippen LogP contribution in [-0.4, -0.2) is 9.97 Å². The van der Waals surface area contributed by atoms with Gasteiger partial charge in [0.05, 0.1) is 22.7 Å². The minimum atomic E-state index is 0.527. The van der Waals surface area contributed by atoms with Crippen molar-refractivity contribution in [3.63, 3.8) is 0 Å². The van der Waals surface area contributed by atoms with Crippen LogP contribution in [-0.2, 0) is 0 Å². The van der Waals surface area contributed by atoms with Crippen molar-refractivity contribution in [3.05, 3.63) is 158 Å². The zero-order valence-corrected chi connectivity index (χ0v) is 27.4. The van der Waals surface area contributed by atoms with Gasteiger partial charge in [-0.3, -0.25) is 0 Å². The second-order valence-electron chi connectivity index (χ2n) is 12.7. The number of anilines is 6. The normalized spacial score (nSPS) is 12.8. The van der Waals surface area contributed by atoms with Gasteiger partial charge in [-0.05, 0) is 97.1 Å². The molecule has 0 atom stereocenters. The minimum absolute atomic E-state index is 0.527. The van der Waals surface area contributed by atoms with Crippen LogP contribution in [0.15, 0.2) is 167 Å². The summed E-state index contributed by atoms with van der Waals surface area (Å²) in [6.45, 7) is 0. The molecule has 0 unspecified atom stereocenters. The van der Waals surface area contributed by atoms with Gasteiger partial charge in [0.15, 0.2) is 34.2 Å². The van der Waals surface area contributed by atoms with Crippen LogP contribution >= 0.6 is 0 Å². The number of hydrogen-bond acceptors (Lipinski definition) is 8. The van der Waals surface area contributed by atoms with Gasteiger partial charge < -0.3 is 28.1 Å². The second kappa shape index (κ2) is 11.1. The molecule has 0 radical (unpaired) electrons. The molecular formula is C44H26N4O4. The number of benzene rings is 7. The molecule has 0 amide bonds. The lowest BCUT2D eigenvalue weighted by Gasteiger charge is -2.32. The van der Waals surface area contributed by atoms with E-state index in [-0.39, 0.29) is 0 Å². The Kier molecular flexibility index (Phi) is 6.08. The summed E-state index contributed by atoms with van der Waals surface area (Å²) < 4.78 is 24.9. The molecule has 246 valence electrons. The van der Waals surface area contributed by atoms with Crippen molar-refractivity contribution in [2.45, 2.75) is 0 Å². The van der Waals surface area contributed by atoms with Gasteiger partial charge in [-0.25, -0.2) is 9.97 Å². The lowest BCUT2D eigenvalue weighted by atomic mass is 10.1. The Bertz CT molecular complexity index is 2490. The Labute approximate surface area is 297 Å². The first-order valence-electron chi connectivity index (χ1n) is 17.0. The summed E-state index contributed by atoms with van der Waals surface area (Å²) in [5, 5.41) is 0. The summed E-state index contributed by atoms with van der Waals surface area (Å²) in [5.41, 5.74) is 10.3. The van der Waals surface area contributed by atoms with Crippen LogP contribution in [0.1, 0.15) is 0 Å². The SMILES string of the molecule is c1ccc2c(c1)Oc1ccccc1N2c1ccc(-c2nc3cc4oc(-c5ccc(N6c7ccccc7Oc7ccccc76)cc5)nc4cc3o2)cc1. The molecule has 0 saturated heterocycles. The molecule has 0 N–H and O–H groups in total. The van der Waals surface area contributed by atoms with Crippen molar-refractivity contribution in [2.24, 2.45) is 0 Å². The molecule has 0 bridgehead atoms. The van der Waals surface area contributed by atoms with Gasteiger partial charge in [-0.2, -0.15) is 0 Å². The summed E-state index contributed by atoms with van der Waals surface area (Å²) in [6.07, 6.45) is 0. The zero-order valence-electron chi connectivity index (χ0n) is 27.4. The Hall–Kier alpha value is -7.32. The van der Waals surface area contributed by atoms with Gasteiger partial charge in [0.25, 0.3) is 0 Å². The van der Waals surface area contributed by atoms with E-state index in [1.165, 1.54) is 0 Å². The molecule has 0 fully saturated rings. The molecule has 2 aromatic heterocycles. The van der Waals surface area contributed by atoms with Gasteiger partial charge in [0.1, 0.15) is 11.0 Å². The fourth-order valence-corrected chi connectivity index (χ4v) is 7.07. The van der Waals surface area contributed by atoms with Crippen LogP contribution in [0, 0.1) is 0 Å². The van der Waals surface area contributed by atoms with Crippen molar-refractivity contribution in [3.8, 4) is 45.9 Å². The van der Waals surface area contributed by atoms with Crippen LogP contribution in [0.4, 0.5) is 34.1 Å². The third-order valence-electron chi connectivity index (χ3n) is 9.51. The first-order valence-corrected chi connectivity index (χ1v) is 17.0. The van der Waals surface area contributed by atoms with E-state index < -0.39 is 0 Å². The molecule has 4 heterocycles. The van der Waals surface area contributed by atoms with E-state index in [2.05, 4.69) is 58.3 Å². The molecule has 9 aromatic rings. The number of ether oxygens (including phenoxy) is 2. The van der Waals surface area contributed by atoms with E-state index in [0.29, 0.717) is 34.0 Å². The third-order valence-corrected chi connectivity index (χ3v) is 9.51. The molecule has 8 nitrogen and oxygen atoms in total. The van der Waals surface area contributed by atoms with Crippen LogP contribution in [0.2, 0.25) is 0 Å². The van der Waals surface area contributed by atoms with E-state index in [4.69, 9.17) is 28.3 Å². The number of fused-ring (bicyclic) bond motifs is 6. The molecule has 11 rings (SSSR count). The predicted octanol–water partition coefficient (Wildman–Crippen LogP) is 12.5. The summed E-state index contributed by atoms with van der Waals surface area (Å²) in [6, 6.07) is 52.4. The van der Waals surface area contributed by atoms with E-state index in [1.54, 1.807) is 0 Å². The highest BCUT2D eigenvalue weighted by molar-refractivity contribution is 5.92. The van der Waals surface area contributed by atoms with E-state index in [9.17, 15) is 0 Å². The highest BCUT2D eigenvalue weighted by Crippen LogP contribution is 2.51. The van der Waals surface area contributed by atoms with Crippen molar-refractivity contribution in [1.82, 2.24) is 9.97 Å². The average Bonchev–Trinajstić information content (AvgIpc) is 3.82. The molecule has 2 aliphatic heterocycles. The Balaban J connectivity index is 0.885. The molecule has 7 aromatic carbocycles. The molecule has 0 saturated carbocycles. The van der Waals surface area contributed by atoms with Crippen LogP contribution < -0.4 is 19.3 Å². The second-order valence-corrected chi connectivity index (χ2v) is 12.7. The lowest BCUT2D eigenvalue weighted by Crippen LogP contribution is -2.15. The first kappa shape index (κ1) is 28.5. The number of oxazole rings is 2. The topological polar surface area (TPSA) is 77.0 Å². The standard InChI is InChI=1S/C44H26N4O4/c1-5-13-37-33(9-1)47(34-10-2-6-14-38(34)49-37)29-21-17-27(18-22-29)43-45-31-25-42-32(26-41(31)51-43)46-44(52-42)28-19-23-30(24-20-28)48-35-11-3-7-15-39(35)50-40-16-8-4-12-36(40)48/h1-26H. The third kappa shape index (κ3) is 4.48. The molecule has 2 aliphatic rings. The Morgan fingerprint density at radius 1 is 0.365 bits per heavy atom. The van der Waals surface area contributed by atoms with Crippen LogP contribution in [0.5, 0.6) is 23.0 Å². The monoisotopic (exact) mass is 674 g/mol. The highest BCUT2D eigenvalue weighted by Gasteiger charge is 2.27. The summed E-state index contributed by atoms with van der Waals surface area (Å²) >= 11 is 0. The van der Waals surface area contributed by atoms with Crippen molar-refractivity contribution >= 4 is 56.3 Å². The largest absolute Gasteiger partial charge is 0.453 e. The number of hydrogen-bond donors (Lipinski definition) is 0. The molecule has 0 spiro atoms. The summed E-state index contributed by atoms with van der Waals surface area (Å²) in [7, 11) is 0. The van der Waals surface area contributed by atoms with E-state index in [1.807, 2.05) is 109 Å².